The Labute approximate surface area is 83.4 Å². The smallest absolute Gasteiger partial charge is 0.0302 e. The van der Waals surface area contributed by atoms with Crippen molar-refractivity contribution in [2.45, 2.75) is 26.4 Å². The molecule has 1 aliphatic rings. The minimum atomic E-state index is 1.04. The Morgan fingerprint density at radius 2 is 2.54 bits per heavy atom. The minimum absolute atomic E-state index is 1.04. The van der Waals surface area contributed by atoms with E-state index in [1.165, 1.54) is 12.0 Å². The standard InChI is InChI=1S/C10H16N2S/c1-2-11-5-8-7-13-10-6-12-4-3-9(8)10/h7,11-12H,2-6H2,1H3. The highest BCUT2D eigenvalue weighted by atomic mass is 32.1. The molecule has 0 aliphatic carbocycles. The molecule has 0 fully saturated rings. The van der Waals surface area contributed by atoms with Gasteiger partial charge in [0.2, 0.25) is 0 Å². The van der Waals surface area contributed by atoms with Crippen molar-refractivity contribution in [1.29, 1.82) is 0 Å². The Balaban J connectivity index is 2.12. The van der Waals surface area contributed by atoms with Crippen LogP contribution in [0.1, 0.15) is 22.9 Å². The lowest BCUT2D eigenvalue weighted by Gasteiger charge is -2.14. The molecule has 0 radical (unpaired) electrons. The maximum absolute atomic E-state index is 3.40. The normalized spacial score (nSPS) is 15.8. The molecule has 2 nitrogen and oxygen atoms in total. The van der Waals surface area contributed by atoms with Crippen molar-refractivity contribution in [3.05, 3.63) is 21.4 Å². The predicted molar refractivity (Wildman–Crippen MR) is 57.1 cm³/mol. The number of fused-ring (bicyclic) bond motifs is 1. The Kier molecular flexibility index (Phi) is 2.98. The number of thiophene rings is 1. The summed E-state index contributed by atoms with van der Waals surface area (Å²) < 4.78 is 0. The fraction of sp³-hybridized carbons (Fsp3) is 0.600. The van der Waals surface area contributed by atoms with E-state index < -0.39 is 0 Å². The zero-order valence-corrected chi connectivity index (χ0v) is 8.84. The molecule has 0 saturated heterocycles. The first-order chi connectivity index (χ1) is 6.42. The molecule has 0 atom stereocenters. The summed E-state index contributed by atoms with van der Waals surface area (Å²) in [5, 5.41) is 9.09. The van der Waals surface area contributed by atoms with Gasteiger partial charge in [-0.15, -0.1) is 11.3 Å². The fourth-order valence-corrected chi connectivity index (χ4v) is 2.81. The summed E-state index contributed by atoms with van der Waals surface area (Å²) in [6, 6.07) is 0. The molecule has 0 spiro atoms. The third kappa shape index (κ3) is 1.93. The lowest BCUT2D eigenvalue weighted by atomic mass is 10.0. The molecule has 0 aromatic carbocycles. The second-order valence-corrected chi connectivity index (χ2v) is 4.33. The van der Waals surface area contributed by atoms with Crippen LogP contribution >= 0.6 is 11.3 Å². The highest BCUT2D eigenvalue weighted by Gasteiger charge is 2.14. The van der Waals surface area contributed by atoms with Gasteiger partial charge in [-0.1, -0.05) is 6.92 Å². The quantitative estimate of drug-likeness (QED) is 0.765. The van der Waals surface area contributed by atoms with Crippen LogP contribution in [0.4, 0.5) is 0 Å². The number of hydrogen-bond donors (Lipinski definition) is 2. The molecule has 1 aromatic heterocycles. The van der Waals surface area contributed by atoms with Crippen LogP contribution in [-0.4, -0.2) is 13.1 Å². The van der Waals surface area contributed by atoms with Crippen LogP contribution in [0.3, 0.4) is 0 Å². The van der Waals surface area contributed by atoms with Crippen molar-refractivity contribution in [3.63, 3.8) is 0 Å². The molecular formula is C10H16N2S. The first kappa shape index (κ1) is 9.19. The van der Waals surface area contributed by atoms with E-state index in [1.54, 1.807) is 10.4 Å². The van der Waals surface area contributed by atoms with Crippen LogP contribution in [0, 0.1) is 0 Å². The van der Waals surface area contributed by atoms with E-state index in [1.807, 2.05) is 11.3 Å². The van der Waals surface area contributed by atoms with E-state index in [-0.39, 0.29) is 0 Å². The Hall–Kier alpha value is -0.380. The summed E-state index contributed by atoms with van der Waals surface area (Å²) in [4.78, 5) is 1.54. The van der Waals surface area contributed by atoms with Gasteiger partial charge in [-0.05, 0) is 36.0 Å². The second-order valence-electron chi connectivity index (χ2n) is 3.37. The van der Waals surface area contributed by atoms with Gasteiger partial charge in [0, 0.05) is 18.0 Å². The SMILES string of the molecule is CCNCc1csc2c1CCNC2. The molecule has 0 amide bonds. The number of rotatable bonds is 3. The third-order valence-corrected chi connectivity index (χ3v) is 3.55. The summed E-state index contributed by atoms with van der Waals surface area (Å²) in [6.45, 7) is 6.47. The Bertz CT molecular complexity index is 280. The van der Waals surface area contributed by atoms with Gasteiger partial charge >= 0.3 is 0 Å². The number of nitrogens with one attached hydrogen (secondary N) is 2. The van der Waals surface area contributed by atoms with Gasteiger partial charge < -0.3 is 10.6 Å². The van der Waals surface area contributed by atoms with Crippen molar-refractivity contribution >= 4 is 11.3 Å². The molecule has 0 bridgehead atoms. The van der Waals surface area contributed by atoms with Gasteiger partial charge in [-0.3, -0.25) is 0 Å². The van der Waals surface area contributed by atoms with Gasteiger partial charge in [0.15, 0.2) is 0 Å². The van der Waals surface area contributed by atoms with Gasteiger partial charge in [0.25, 0.3) is 0 Å². The van der Waals surface area contributed by atoms with Crippen LogP contribution in [0.5, 0.6) is 0 Å². The molecule has 13 heavy (non-hydrogen) atoms. The summed E-state index contributed by atoms with van der Waals surface area (Å²) in [5.41, 5.74) is 3.12. The molecule has 2 rings (SSSR count). The van der Waals surface area contributed by atoms with Gasteiger partial charge in [0.05, 0.1) is 0 Å². The van der Waals surface area contributed by atoms with Crippen LogP contribution in [0.15, 0.2) is 5.38 Å². The zero-order chi connectivity index (χ0) is 9.10. The molecule has 3 heteroatoms. The van der Waals surface area contributed by atoms with Gasteiger partial charge in [0.1, 0.15) is 0 Å². The highest BCUT2D eigenvalue weighted by molar-refractivity contribution is 7.10. The fourth-order valence-electron chi connectivity index (χ4n) is 1.74. The average Bonchev–Trinajstić information content (AvgIpc) is 2.58. The van der Waals surface area contributed by atoms with Crippen molar-refractivity contribution in [3.8, 4) is 0 Å². The lowest BCUT2D eigenvalue weighted by Crippen LogP contribution is -2.23. The first-order valence-electron chi connectivity index (χ1n) is 4.91. The maximum Gasteiger partial charge on any atom is 0.0302 e. The predicted octanol–water partition coefficient (Wildman–Crippen LogP) is 1.50. The monoisotopic (exact) mass is 196 g/mol. The minimum Gasteiger partial charge on any atom is -0.313 e. The van der Waals surface area contributed by atoms with Crippen molar-refractivity contribution in [2.75, 3.05) is 13.1 Å². The van der Waals surface area contributed by atoms with Crippen molar-refractivity contribution in [1.82, 2.24) is 10.6 Å². The van der Waals surface area contributed by atoms with Crippen LogP contribution in [0.2, 0.25) is 0 Å². The molecule has 2 heterocycles. The summed E-state index contributed by atoms with van der Waals surface area (Å²) in [6.07, 6.45) is 1.21. The molecule has 1 aliphatic heterocycles. The summed E-state index contributed by atoms with van der Waals surface area (Å²) >= 11 is 1.90. The zero-order valence-electron chi connectivity index (χ0n) is 8.02. The molecule has 0 saturated carbocycles. The summed E-state index contributed by atoms with van der Waals surface area (Å²) in [7, 11) is 0. The molecule has 72 valence electrons. The van der Waals surface area contributed by atoms with E-state index in [4.69, 9.17) is 0 Å². The summed E-state index contributed by atoms with van der Waals surface area (Å²) in [5.74, 6) is 0. The van der Waals surface area contributed by atoms with E-state index >= 15 is 0 Å². The Morgan fingerprint density at radius 3 is 3.38 bits per heavy atom. The van der Waals surface area contributed by atoms with E-state index in [2.05, 4.69) is 22.9 Å². The third-order valence-electron chi connectivity index (χ3n) is 2.47. The Morgan fingerprint density at radius 1 is 1.62 bits per heavy atom. The van der Waals surface area contributed by atoms with E-state index in [0.717, 1.165) is 26.2 Å². The second kappa shape index (κ2) is 4.22. The molecule has 1 aromatic rings. The van der Waals surface area contributed by atoms with Crippen LogP contribution < -0.4 is 10.6 Å². The van der Waals surface area contributed by atoms with Gasteiger partial charge in [-0.25, -0.2) is 0 Å². The largest absolute Gasteiger partial charge is 0.313 e. The van der Waals surface area contributed by atoms with Gasteiger partial charge in [-0.2, -0.15) is 0 Å². The lowest BCUT2D eigenvalue weighted by molar-refractivity contribution is 0.642. The topological polar surface area (TPSA) is 24.1 Å². The molecule has 0 unspecified atom stereocenters. The van der Waals surface area contributed by atoms with Crippen molar-refractivity contribution < 1.29 is 0 Å². The molecular weight excluding hydrogens is 180 g/mol. The molecule has 2 N–H and O–H groups in total. The van der Waals surface area contributed by atoms with Crippen LogP contribution in [0.25, 0.3) is 0 Å². The van der Waals surface area contributed by atoms with Crippen LogP contribution in [-0.2, 0) is 19.5 Å². The van der Waals surface area contributed by atoms with Crippen molar-refractivity contribution in [2.24, 2.45) is 0 Å². The van der Waals surface area contributed by atoms with E-state index in [9.17, 15) is 0 Å². The first-order valence-corrected chi connectivity index (χ1v) is 5.79. The highest BCUT2D eigenvalue weighted by Crippen LogP contribution is 2.25. The number of hydrogen-bond acceptors (Lipinski definition) is 3. The van der Waals surface area contributed by atoms with E-state index in [0.29, 0.717) is 0 Å². The average molecular weight is 196 g/mol. The maximum atomic E-state index is 3.40.